The molecule has 2 N–H and O–H groups in total. The summed E-state index contributed by atoms with van der Waals surface area (Å²) in [6, 6.07) is 9.52. The fraction of sp³-hybridized carbons (Fsp3) is 0.214. The number of amides is 1. The molecule has 106 valence electrons. The highest BCUT2D eigenvalue weighted by atomic mass is 35.5. The Labute approximate surface area is 126 Å². The Morgan fingerprint density at radius 3 is 2.75 bits per heavy atom. The topological polar surface area (TPSA) is 50.4 Å². The van der Waals surface area contributed by atoms with Gasteiger partial charge >= 0.3 is 6.09 Å². The smallest absolute Gasteiger partial charge is 0.411 e. The molecule has 0 bridgehead atoms. The molecule has 6 heteroatoms. The van der Waals surface area contributed by atoms with Gasteiger partial charge in [0, 0.05) is 17.4 Å². The molecule has 1 aromatic heterocycles. The molecule has 0 aliphatic rings. The van der Waals surface area contributed by atoms with Gasteiger partial charge in [0.1, 0.15) is 0 Å². The van der Waals surface area contributed by atoms with Crippen LogP contribution in [0.4, 0.5) is 16.2 Å². The first-order valence-corrected chi connectivity index (χ1v) is 7.30. The second-order valence-corrected chi connectivity index (χ2v) is 5.79. The second-order valence-electron chi connectivity index (χ2n) is 4.25. The summed E-state index contributed by atoms with van der Waals surface area (Å²) in [5.41, 5.74) is 2.72. The van der Waals surface area contributed by atoms with E-state index in [9.17, 15) is 4.79 Å². The molecule has 0 radical (unpaired) electrons. The highest BCUT2D eigenvalue weighted by molar-refractivity contribution is 7.14. The van der Waals surface area contributed by atoms with Crippen molar-refractivity contribution in [3.05, 3.63) is 45.6 Å². The molecule has 1 heterocycles. The first-order valence-electron chi connectivity index (χ1n) is 6.04. The van der Waals surface area contributed by atoms with E-state index in [1.807, 2.05) is 29.6 Å². The fourth-order valence-electron chi connectivity index (χ4n) is 1.74. The van der Waals surface area contributed by atoms with E-state index in [4.69, 9.17) is 11.6 Å². The number of benzene rings is 1. The summed E-state index contributed by atoms with van der Waals surface area (Å²) in [6.07, 6.45) is -0.486. The minimum atomic E-state index is -0.486. The summed E-state index contributed by atoms with van der Waals surface area (Å²) < 4.78 is 5.34. The van der Waals surface area contributed by atoms with Gasteiger partial charge in [0.15, 0.2) is 0 Å². The van der Waals surface area contributed by atoms with Gasteiger partial charge in [-0.2, -0.15) is 0 Å². The Morgan fingerprint density at radius 1 is 1.35 bits per heavy atom. The molecule has 4 nitrogen and oxygen atoms in total. The number of carbonyl (C=O) groups is 1. The van der Waals surface area contributed by atoms with Gasteiger partial charge in [0.2, 0.25) is 0 Å². The molecule has 2 aromatic rings. The standard InChI is InChI=1S/C14H15ClN2O2S/c1-9(10-6-13(15)20-8-10)16-11-4-3-5-12(7-11)17-14(18)19-2/h3-9,16H,1-2H3,(H,17,18). The van der Waals surface area contributed by atoms with Crippen LogP contribution in [-0.2, 0) is 4.74 Å². The van der Waals surface area contributed by atoms with Crippen molar-refractivity contribution in [3.8, 4) is 0 Å². The van der Waals surface area contributed by atoms with Crippen LogP contribution in [0.2, 0.25) is 4.34 Å². The number of ether oxygens (including phenoxy) is 1. The van der Waals surface area contributed by atoms with Crippen molar-refractivity contribution < 1.29 is 9.53 Å². The van der Waals surface area contributed by atoms with Crippen LogP contribution in [0.5, 0.6) is 0 Å². The number of methoxy groups -OCH3 is 1. The zero-order chi connectivity index (χ0) is 14.5. The highest BCUT2D eigenvalue weighted by Crippen LogP contribution is 2.27. The lowest BCUT2D eigenvalue weighted by molar-refractivity contribution is 0.187. The Hall–Kier alpha value is -1.72. The van der Waals surface area contributed by atoms with Gasteiger partial charge in [0.05, 0.1) is 11.4 Å². The average molecular weight is 311 g/mol. The average Bonchev–Trinajstić information content (AvgIpc) is 2.86. The number of nitrogens with one attached hydrogen (secondary N) is 2. The summed E-state index contributed by atoms with van der Waals surface area (Å²) in [4.78, 5) is 11.2. The van der Waals surface area contributed by atoms with Crippen LogP contribution in [0.15, 0.2) is 35.7 Å². The van der Waals surface area contributed by atoms with E-state index in [1.165, 1.54) is 18.4 Å². The monoisotopic (exact) mass is 310 g/mol. The molecule has 1 atom stereocenters. The zero-order valence-corrected chi connectivity index (χ0v) is 12.7. The van der Waals surface area contributed by atoms with Gasteiger partial charge in [-0.05, 0) is 42.1 Å². The summed E-state index contributed by atoms with van der Waals surface area (Å²) in [5.74, 6) is 0. The van der Waals surface area contributed by atoms with Gasteiger partial charge in [-0.25, -0.2) is 4.79 Å². The van der Waals surface area contributed by atoms with E-state index in [1.54, 1.807) is 6.07 Å². The van der Waals surface area contributed by atoms with Gasteiger partial charge in [-0.15, -0.1) is 11.3 Å². The molecule has 0 saturated carbocycles. The number of hydrogen-bond acceptors (Lipinski definition) is 4. The molecule has 2 rings (SSSR count). The normalized spacial score (nSPS) is 11.8. The van der Waals surface area contributed by atoms with Crippen molar-refractivity contribution >= 4 is 40.4 Å². The number of halogens is 1. The molecule has 0 fully saturated rings. The van der Waals surface area contributed by atoms with E-state index in [2.05, 4.69) is 22.3 Å². The lowest BCUT2D eigenvalue weighted by Gasteiger charge is -2.15. The molecule has 20 heavy (non-hydrogen) atoms. The van der Waals surface area contributed by atoms with Crippen LogP contribution in [0.1, 0.15) is 18.5 Å². The molecule has 0 saturated heterocycles. The second kappa shape index (κ2) is 6.63. The molecule has 1 amide bonds. The van der Waals surface area contributed by atoms with Gasteiger partial charge < -0.3 is 10.1 Å². The number of anilines is 2. The third kappa shape index (κ3) is 3.88. The lowest BCUT2D eigenvalue weighted by atomic mass is 10.1. The van der Waals surface area contributed by atoms with Crippen LogP contribution in [-0.4, -0.2) is 13.2 Å². The van der Waals surface area contributed by atoms with Gasteiger partial charge in [0.25, 0.3) is 0 Å². The van der Waals surface area contributed by atoms with Crippen LogP contribution >= 0.6 is 22.9 Å². The molecule has 0 spiro atoms. The Kier molecular flexibility index (Phi) is 4.87. The quantitative estimate of drug-likeness (QED) is 0.856. The van der Waals surface area contributed by atoms with Crippen molar-refractivity contribution in [2.45, 2.75) is 13.0 Å². The third-order valence-corrected chi connectivity index (χ3v) is 3.87. The van der Waals surface area contributed by atoms with Crippen LogP contribution in [0, 0.1) is 0 Å². The maximum atomic E-state index is 11.2. The van der Waals surface area contributed by atoms with Crippen molar-refractivity contribution in [1.82, 2.24) is 0 Å². The van der Waals surface area contributed by atoms with Gasteiger partial charge in [-0.1, -0.05) is 17.7 Å². The largest absolute Gasteiger partial charge is 0.453 e. The molecule has 0 aliphatic heterocycles. The predicted molar refractivity (Wildman–Crippen MR) is 83.8 cm³/mol. The molecule has 1 unspecified atom stereocenters. The Bertz CT molecular complexity index is 600. The first-order chi connectivity index (χ1) is 9.58. The summed E-state index contributed by atoms with van der Waals surface area (Å²) >= 11 is 7.45. The van der Waals surface area contributed by atoms with Crippen molar-refractivity contribution in [2.24, 2.45) is 0 Å². The summed E-state index contributed by atoms with van der Waals surface area (Å²) in [7, 11) is 1.33. The first kappa shape index (κ1) is 14.7. The predicted octanol–water partition coefficient (Wildman–Crippen LogP) is 4.75. The van der Waals surface area contributed by atoms with Gasteiger partial charge in [-0.3, -0.25) is 5.32 Å². The summed E-state index contributed by atoms with van der Waals surface area (Å²) in [5, 5.41) is 8.01. The third-order valence-electron chi connectivity index (χ3n) is 2.77. The number of carbonyl (C=O) groups excluding carboxylic acids is 1. The Balaban J connectivity index is 2.05. The van der Waals surface area contributed by atoms with Crippen LogP contribution < -0.4 is 10.6 Å². The summed E-state index contributed by atoms with van der Waals surface area (Å²) in [6.45, 7) is 2.05. The molecular formula is C14H15ClN2O2S. The van der Waals surface area contributed by atoms with Crippen LogP contribution in [0.25, 0.3) is 0 Å². The molecule has 0 aliphatic carbocycles. The lowest BCUT2D eigenvalue weighted by Crippen LogP contribution is -2.11. The number of thiophene rings is 1. The zero-order valence-electron chi connectivity index (χ0n) is 11.1. The minimum Gasteiger partial charge on any atom is -0.453 e. The SMILES string of the molecule is COC(=O)Nc1cccc(NC(C)c2csc(Cl)c2)c1. The van der Waals surface area contributed by atoms with Crippen molar-refractivity contribution in [3.63, 3.8) is 0 Å². The van der Waals surface area contributed by atoms with Crippen LogP contribution in [0.3, 0.4) is 0 Å². The number of hydrogen-bond donors (Lipinski definition) is 2. The molecule has 1 aromatic carbocycles. The van der Waals surface area contributed by atoms with E-state index in [0.29, 0.717) is 5.69 Å². The van der Waals surface area contributed by atoms with E-state index in [0.717, 1.165) is 15.6 Å². The molecular weight excluding hydrogens is 296 g/mol. The number of rotatable bonds is 4. The van der Waals surface area contributed by atoms with E-state index >= 15 is 0 Å². The maximum Gasteiger partial charge on any atom is 0.411 e. The van der Waals surface area contributed by atoms with E-state index < -0.39 is 6.09 Å². The minimum absolute atomic E-state index is 0.132. The van der Waals surface area contributed by atoms with E-state index in [-0.39, 0.29) is 6.04 Å². The fourth-order valence-corrected chi connectivity index (χ4v) is 2.72. The highest BCUT2D eigenvalue weighted by Gasteiger charge is 2.08. The van der Waals surface area contributed by atoms with Crippen molar-refractivity contribution in [1.29, 1.82) is 0 Å². The Morgan fingerprint density at radius 2 is 2.10 bits per heavy atom. The maximum absolute atomic E-state index is 11.2. The van der Waals surface area contributed by atoms with Crippen molar-refractivity contribution in [2.75, 3.05) is 17.7 Å².